The number of piperidine rings is 1. The third-order valence-corrected chi connectivity index (χ3v) is 6.08. The Morgan fingerprint density at radius 1 is 1.18 bits per heavy atom. The van der Waals surface area contributed by atoms with E-state index in [2.05, 4.69) is 5.32 Å². The lowest BCUT2D eigenvalue weighted by Crippen LogP contribution is -2.40. The van der Waals surface area contributed by atoms with Gasteiger partial charge in [-0.3, -0.25) is 0 Å². The Balaban J connectivity index is 0.00000144. The maximum Gasteiger partial charge on any atom is 0.216 e. The second-order valence-electron chi connectivity index (χ2n) is 4.98. The molecular formula is C11H23ClN2O2S. The van der Waals surface area contributed by atoms with Crippen LogP contribution in [0.1, 0.15) is 32.1 Å². The standard InChI is InChI=1S/C11H22N2O2S.ClH/c1-12-7-4-10-5-8-13(9-6-10)16(14,15)11-2-3-11;/h10-12H,2-9H2,1H3;1H. The quantitative estimate of drug-likeness (QED) is 0.825. The molecule has 0 atom stereocenters. The van der Waals surface area contributed by atoms with E-state index in [0.29, 0.717) is 5.92 Å². The highest BCUT2D eigenvalue weighted by molar-refractivity contribution is 7.90. The Bertz CT molecular complexity index is 322. The van der Waals surface area contributed by atoms with E-state index in [9.17, 15) is 8.42 Å². The van der Waals surface area contributed by atoms with Crippen LogP contribution in [-0.2, 0) is 10.0 Å². The van der Waals surface area contributed by atoms with Gasteiger partial charge >= 0.3 is 0 Å². The number of nitrogens with one attached hydrogen (secondary N) is 1. The van der Waals surface area contributed by atoms with Crippen molar-refractivity contribution in [2.75, 3.05) is 26.7 Å². The zero-order valence-electron chi connectivity index (χ0n) is 10.4. The summed E-state index contributed by atoms with van der Waals surface area (Å²) in [6.45, 7) is 2.53. The second-order valence-corrected chi connectivity index (χ2v) is 7.19. The SMILES string of the molecule is CNCCC1CCN(S(=O)(=O)C2CC2)CC1.Cl. The van der Waals surface area contributed by atoms with Crippen molar-refractivity contribution in [1.82, 2.24) is 9.62 Å². The molecular weight excluding hydrogens is 260 g/mol. The van der Waals surface area contributed by atoms with E-state index in [1.54, 1.807) is 4.31 Å². The van der Waals surface area contributed by atoms with Gasteiger partial charge in [0.25, 0.3) is 0 Å². The largest absolute Gasteiger partial charge is 0.320 e. The fourth-order valence-electron chi connectivity index (χ4n) is 2.38. The van der Waals surface area contributed by atoms with Gasteiger partial charge in [0.15, 0.2) is 0 Å². The van der Waals surface area contributed by atoms with Crippen LogP contribution in [0.4, 0.5) is 0 Å². The van der Waals surface area contributed by atoms with Crippen molar-refractivity contribution in [1.29, 1.82) is 0 Å². The number of halogens is 1. The summed E-state index contributed by atoms with van der Waals surface area (Å²) in [5.41, 5.74) is 0. The lowest BCUT2D eigenvalue weighted by molar-refractivity contribution is 0.263. The monoisotopic (exact) mass is 282 g/mol. The van der Waals surface area contributed by atoms with E-state index in [-0.39, 0.29) is 17.7 Å². The van der Waals surface area contributed by atoms with Gasteiger partial charge in [-0.1, -0.05) is 0 Å². The molecule has 2 fully saturated rings. The van der Waals surface area contributed by atoms with Gasteiger partial charge < -0.3 is 5.32 Å². The third-order valence-electron chi connectivity index (χ3n) is 3.68. The number of hydrogen-bond donors (Lipinski definition) is 1. The maximum absolute atomic E-state index is 12.0. The first-order valence-electron chi connectivity index (χ1n) is 6.28. The van der Waals surface area contributed by atoms with Crippen LogP contribution in [-0.4, -0.2) is 44.7 Å². The minimum Gasteiger partial charge on any atom is -0.320 e. The van der Waals surface area contributed by atoms with Gasteiger partial charge in [0.1, 0.15) is 0 Å². The van der Waals surface area contributed by atoms with Crippen LogP contribution in [0.5, 0.6) is 0 Å². The molecule has 6 heteroatoms. The zero-order chi connectivity index (χ0) is 11.6. The number of nitrogens with zero attached hydrogens (tertiary/aromatic N) is 1. The lowest BCUT2D eigenvalue weighted by atomic mass is 9.95. The molecule has 1 saturated carbocycles. The van der Waals surface area contributed by atoms with E-state index < -0.39 is 10.0 Å². The fraction of sp³-hybridized carbons (Fsp3) is 1.00. The van der Waals surface area contributed by atoms with Crippen LogP contribution < -0.4 is 5.32 Å². The average molecular weight is 283 g/mol. The molecule has 1 aliphatic heterocycles. The first kappa shape index (κ1) is 15.2. The van der Waals surface area contributed by atoms with Crippen molar-refractivity contribution in [2.24, 2.45) is 5.92 Å². The van der Waals surface area contributed by atoms with Crippen molar-refractivity contribution in [3.8, 4) is 0 Å². The summed E-state index contributed by atoms with van der Waals surface area (Å²) in [4.78, 5) is 0. The van der Waals surface area contributed by atoms with Gasteiger partial charge in [0, 0.05) is 13.1 Å². The first-order chi connectivity index (χ1) is 7.64. The summed E-state index contributed by atoms with van der Waals surface area (Å²) in [7, 11) is -0.950. The van der Waals surface area contributed by atoms with E-state index in [4.69, 9.17) is 0 Å². The highest BCUT2D eigenvalue weighted by Gasteiger charge is 2.40. The third kappa shape index (κ3) is 3.81. The topological polar surface area (TPSA) is 49.4 Å². The smallest absolute Gasteiger partial charge is 0.216 e. The van der Waals surface area contributed by atoms with Crippen LogP contribution in [0.3, 0.4) is 0 Å². The van der Waals surface area contributed by atoms with Crippen molar-refractivity contribution in [3.05, 3.63) is 0 Å². The number of sulfonamides is 1. The fourth-order valence-corrected chi connectivity index (χ4v) is 4.25. The summed E-state index contributed by atoms with van der Waals surface area (Å²) < 4.78 is 25.7. The Hall–Kier alpha value is 0.160. The summed E-state index contributed by atoms with van der Waals surface area (Å²) in [6, 6.07) is 0. The van der Waals surface area contributed by atoms with Crippen LogP contribution in [0, 0.1) is 5.92 Å². The van der Waals surface area contributed by atoms with E-state index >= 15 is 0 Å². The Kier molecular flexibility index (Phi) is 5.70. The molecule has 0 bridgehead atoms. The predicted octanol–water partition coefficient (Wildman–Crippen LogP) is 1.22. The molecule has 1 heterocycles. The van der Waals surface area contributed by atoms with E-state index in [1.807, 2.05) is 7.05 Å². The van der Waals surface area contributed by atoms with E-state index in [1.165, 1.54) is 6.42 Å². The summed E-state index contributed by atoms with van der Waals surface area (Å²) in [5.74, 6) is 0.707. The molecule has 0 aromatic heterocycles. The van der Waals surface area contributed by atoms with Gasteiger partial charge in [-0.2, -0.15) is 0 Å². The molecule has 0 unspecified atom stereocenters. The predicted molar refractivity (Wildman–Crippen MR) is 72.0 cm³/mol. The van der Waals surface area contributed by atoms with E-state index in [0.717, 1.165) is 45.3 Å². The minimum atomic E-state index is -2.92. The normalized spacial score (nSPS) is 23.4. The van der Waals surface area contributed by atoms with Crippen molar-refractivity contribution in [3.63, 3.8) is 0 Å². The molecule has 17 heavy (non-hydrogen) atoms. The minimum absolute atomic E-state index is 0. The summed E-state index contributed by atoms with van der Waals surface area (Å²) >= 11 is 0. The van der Waals surface area contributed by atoms with Crippen molar-refractivity contribution >= 4 is 22.4 Å². The molecule has 0 aromatic rings. The molecule has 0 spiro atoms. The number of rotatable bonds is 5. The van der Waals surface area contributed by atoms with Crippen LogP contribution in [0.15, 0.2) is 0 Å². The molecule has 0 aromatic carbocycles. The van der Waals surface area contributed by atoms with Gasteiger partial charge in [0.05, 0.1) is 5.25 Å². The Labute approximate surface area is 111 Å². The molecule has 2 rings (SSSR count). The van der Waals surface area contributed by atoms with Crippen LogP contribution in [0.25, 0.3) is 0 Å². The molecule has 1 aliphatic carbocycles. The Morgan fingerprint density at radius 3 is 2.24 bits per heavy atom. The average Bonchev–Trinajstić information content (AvgIpc) is 3.11. The van der Waals surface area contributed by atoms with Crippen LogP contribution >= 0.6 is 12.4 Å². The molecule has 0 radical (unpaired) electrons. The zero-order valence-corrected chi connectivity index (χ0v) is 12.0. The summed E-state index contributed by atoms with van der Waals surface area (Å²) in [6.07, 6.45) is 5.00. The lowest BCUT2D eigenvalue weighted by Gasteiger charge is -2.31. The first-order valence-corrected chi connectivity index (χ1v) is 7.78. The van der Waals surface area contributed by atoms with Gasteiger partial charge in [-0.05, 0) is 51.6 Å². The molecule has 2 aliphatic rings. The second kappa shape index (κ2) is 6.36. The molecule has 0 amide bonds. The maximum atomic E-state index is 12.0. The highest BCUT2D eigenvalue weighted by atomic mass is 35.5. The molecule has 1 saturated heterocycles. The Morgan fingerprint density at radius 2 is 1.76 bits per heavy atom. The van der Waals surface area contributed by atoms with Gasteiger partial charge in [-0.25, -0.2) is 12.7 Å². The van der Waals surface area contributed by atoms with Gasteiger partial charge in [0.2, 0.25) is 10.0 Å². The van der Waals surface area contributed by atoms with Crippen LogP contribution in [0.2, 0.25) is 0 Å². The molecule has 4 nitrogen and oxygen atoms in total. The van der Waals surface area contributed by atoms with Crippen molar-refractivity contribution in [2.45, 2.75) is 37.4 Å². The molecule has 102 valence electrons. The summed E-state index contributed by atoms with van der Waals surface area (Å²) in [5, 5.41) is 3.11. The number of hydrogen-bond acceptors (Lipinski definition) is 3. The highest BCUT2D eigenvalue weighted by Crippen LogP contribution is 2.33. The van der Waals surface area contributed by atoms with Crippen molar-refractivity contribution < 1.29 is 8.42 Å². The molecule has 1 N–H and O–H groups in total. The van der Waals surface area contributed by atoms with Gasteiger partial charge in [-0.15, -0.1) is 12.4 Å².